The van der Waals surface area contributed by atoms with E-state index in [9.17, 15) is 8.78 Å². The maximum Gasteiger partial charge on any atom is 0.143 e. The summed E-state index contributed by atoms with van der Waals surface area (Å²) in [6.45, 7) is 2.11. The normalized spacial score (nSPS) is 28.6. The Morgan fingerprint density at radius 2 is 2.12 bits per heavy atom. The fourth-order valence-electron chi connectivity index (χ4n) is 2.56. The fourth-order valence-corrected chi connectivity index (χ4v) is 3.94. The predicted octanol–water partition coefficient (Wildman–Crippen LogP) is 5.22. The summed E-state index contributed by atoms with van der Waals surface area (Å²) in [6, 6.07) is 2.74. The zero-order chi connectivity index (χ0) is 12.6. The van der Waals surface area contributed by atoms with E-state index in [2.05, 4.69) is 38.8 Å². The number of benzene rings is 1. The lowest BCUT2D eigenvalue weighted by molar-refractivity contribution is 0.324. The SMILES string of the molecule is CC1(Cc2c(F)ccc(Br)c2F)CCC(Br)C1. The van der Waals surface area contributed by atoms with Gasteiger partial charge in [0.25, 0.3) is 0 Å². The van der Waals surface area contributed by atoms with Gasteiger partial charge in [-0.25, -0.2) is 8.78 Å². The molecule has 1 aromatic rings. The second kappa shape index (κ2) is 4.96. The van der Waals surface area contributed by atoms with Gasteiger partial charge in [-0.15, -0.1) is 0 Å². The van der Waals surface area contributed by atoms with E-state index < -0.39 is 11.6 Å². The molecule has 1 fully saturated rings. The van der Waals surface area contributed by atoms with Crippen molar-refractivity contribution < 1.29 is 8.78 Å². The van der Waals surface area contributed by atoms with Crippen LogP contribution in [0.15, 0.2) is 16.6 Å². The van der Waals surface area contributed by atoms with Crippen LogP contribution in [0.4, 0.5) is 8.78 Å². The predicted molar refractivity (Wildman–Crippen MR) is 72.4 cm³/mol. The number of hydrogen-bond donors (Lipinski definition) is 0. The van der Waals surface area contributed by atoms with Crippen molar-refractivity contribution in [3.05, 3.63) is 33.8 Å². The molecule has 94 valence electrons. The van der Waals surface area contributed by atoms with Crippen molar-refractivity contribution in [1.82, 2.24) is 0 Å². The molecule has 2 atom stereocenters. The number of alkyl halides is 1. The highest BCUT2D eigenvalue weighted by molar-refractivity contribution is 9.10. The second-order valence-electron chi connectivity index (χ2n) is 5.15. The molecule has 2 rings (SSSR count). The van der Waals surface area contributed by atoms with Crippen molar-refractivity contribution in [3.63, 3.8) is 0 Å². The average Bonchev–Trinajstić information content (AvgIpc) is 2.60. The van der Waals surface area contributed by atoms with Crippen LogP contribution in [0.5, 0.6) is 0 Å². The molecule has 0 nitrogen and oxygen atoms in total. The van der Waals surface area contributed by atoms with Crippen LogP contribution >= 0.6 is 31.9 Å². The third-order valence-electron chi connectivity index (χ3n) is 3.52. The van der Waals surface area contributed by atoms with Gasteiger partial charge in [-0.3, -0.25) is 0 Å². The zero-order valence-electron chi connectivity index (χ0n) is 9.57. The minimum atomic E-state index is -0.454. The Bertz CT molecular complexity index is 434. The molecule has 0 aromatic heterocycles. The van der Waals surface area contributed by atoms with Crippen LogP contribution in [-0.2, 0) is 6.42 Å². The average molecular weight is 368 g/mol. The quantitative estimate of drug-likeness (QED) is 0.496. The van der Waals surface area contributed by atoms with Crippen LogP contribution in [0.25, 0.3) is 0 Å². The summed E-state index contributed by atoms with van der Waals surface area (Å²) >= 11 is 6.69. The van der Waals surface area contributed by atoms with Gasteiger partial charge in [0.2, 0.25) is 0 Å². The number of hydrogen-bond acceptors (Lipinski definition) is 0. The standard InChI is InChI=1S/C13H14Br2F2/c1-13(5-4-8(14)6-13)7-9-11(16)3-2-10(15)12(9)17/h2-3,8H,4-7H2,1H3. The first-order chi connectivity index (χ1) is 7.91. The Kier molecular flexibility index (Phi) is 3.93. The molecule has 1 saturated carbocycles. The Morgan fingerprint density at radius 3 is 2.71 bits per heavy atom. The van der Waals surface area contributed by atoms with Crippen LogP contribution in [0.1, 0.15) is 31.7 Å². The molecule has 4 heteroatoms. The van der Waals surface area contributed by atoms with Crippen LogP contribution in [0, 0.1) is 17.0 Å². The van der Waals surface area contributed by atoms with Gasteiger partial charge in [-0.2, -0.15) is 0 Å². The molecule has 2 unspecified atom stereocenters. The highest BCUT2D eigenvalue weighted by Crippen LogP contribution is 2.44. The monoisotopic (exact) mass is 366 g/mol. The van der Waals surface area contributed by atoms with E-state index >= 15 is 0 Å². The molecule has 0 heterocycles. The zero-order valence-corrected chi connectivity index (χ0v) is 12.7. The third kappa shape index (κ3) is 2.90. The Hall–Kier alpha value is 0.0400. The van der Waals surface area contributed by atoms with Crippen molar-refractivity contribution in [1.29, 1.82) is 0 Å². The van der Waals surface area contributed by atoms with Gasteiger partial charge in [0.15, 0.2) is 0 Å². The Balaban J connectivity index is 2.27. The van der Waals surface area contributed by atoms with E-state index in [0.29, 0.717) is 15.7 Å². The smallest absolute Gasteiger partial charge is 0.143 e. The first-order valence-electron chi connectivity index (χ1n) is 5.68. The molecule has 0 radical (unpaired) electrons. The maximum atomic E-state index is 13.9. The highest BCUT2D eigenvalue weighted by Gasteiger charge is 2.35. The molecule has 1 aliphatic carbocycles. The lowest BCUT2D eigenvalue weighted by Crippen LogP contribution is -2.17. The Morgan fingerprint density at radius 1 is 1.41 bits per heavy atom. The molecule has 0 spiro atoms. The van der Waals surface area contributed by atoms with Crippen molar-refractivity contribution >= 4 is 31.9 Å². The summed E-state index contributed by atoms with van der Waals surface area (Å²) in [7, 11) is 0. The second-order valence-corrected chi connectivity index (χ2v) is 7.30. The summed E-state index contributed by atoms with van der Waals surface area (Å²) in [5.74, 6) is -0.894. The van der Waals surface area contributed by atoms with Gasteiger partial charge in [0, 0.05) is 10.4 Å². The molecule has 17 heavy (non-hydrogen) atoms. The van der Waals surface area contributed by atoms with Crippen LogP contribution in [0.2, 0.25) is 0 Å². The van der Waals surface area contributed by atoms with Crippen LogP contribution < -0.4 is 0 Å². The lowest BCUT2D eigenvalue weighted by Gasteiger charge is -2.24. The third-order valence-corrected chi connectivity index (χ3v) is 4.91. The van der Waals surface area contributed by atoms with Crippen molar-refractivity contribution in [2.45, 2.75) is 37.4 Å². The number of rotatable bonds is 2. The summed E-state index contributed by atoms with van der Waals surface area (Å²) < 4.78 is 27.9. The van der Waals surface area contributed by atoms with Gasteiger partial charge in [-0.05, 0) is 59.2 Å². The van der Waals surface area contributed by atoms with E-state index in [1.54, 1.807) is 0 Å². The molecule has 0 saturated heterocycles. The molecule has 0 bridgehead atoms. The molecule has 0 aliphatic heterocycles. The van der Waals surface area contributed by atoms with Gasteiger partial charge < -0.3 is 0 Å². The largest absolute Gasteiger partial charge is 0.207 e. The van der Waals surface area contributed by atoms with E-state index in [4.69, 9.17) is 0 Å². The minimum absolute atomic E-state index is 0.00333. The van der Waals surface area contributed by atoms with Crippen molar-refractivity contribution in [3.8, 4) is 0 Å². The lowest BCUT2D eigenvalue weighted by atomic mass is 9.82. The van der Waals surface area contributed by atoms with E-state index in [-0.39, 0.29) is 11.0 Å². The maximum absolute atomic E-state index is 13.9. The molecular weight excluding hydrogens is 354 g/mol. The highest BCUT2D eigenvalue weighted by atomic mass is 79.9. The first-order valence-corrected chi connectivity index (χ1v) is 7.39. The summed E-state index contributed by atoms with van der Waals surface area (Å²) in [5.41, 5.74) is 0.208. The van der Waals surface area contributed by atoms with Crippen LogP contribution in [-0.4, -0.2) is 4.83 Å². The Labute approximate surface area is 117 Å². The minimum Gasteiger partial charge on any atom is -0.207 e. The summed E-state index contributed by atoms with van der Waals surface area (Å²) in [5, 5.41) is 0. The van der Waals surface area contributed by atoms with Crippen molar-refractivity contribution in [2.24, 2.45) is 5.41 Å². The first kappa shape index (κ1) is 13.5. The number of halogens is 4. The molecular formula is C13H14Br2F2. The van der Waals surface area contributed by atoms with E-state index in [0.717, 1.165) is 19.3 Å². The van der Waals surface area contributed by atoms with Gasteiger partial charge in [0.05, 0.1) is 4.47 Å². The molecule has 1 aromatic carbocycles. The molecule has 0 N–H and O–H groups in total. The van der Waals surface area contributed by atoms with Crippen LogP contribution in [0.3, 0.4) is 0 Å². The van der Waals surface area contributed by atoms with E-state index in [1.807, 2.05) is 0 Å². The van der Waals surface area contributed by atoms with Gasteiger partial charge >= 0.3 is 0 Å². The van der Waals surface area contributed by atoms with E-state index in [1.165, 1.54) is 12.1 Å². The van der Waals surface area contributed by atoms with Gasteiger partial charge in [0.1, 0.15) is 11.6 Å². The summed E-state index contributed by atoms with van der Waals surface area (Å²) in [6.07, 6.45) is 3.52. The fraction of sp³-hybridized carbons (Fsp3) is 0.538. The topological polar surface area (TPSA) is 0 Å². The molecule has 1 aliphatic rings. The van der Waals surface area contributed by atoms with Crippen molar-refractivity contribution in [2.75, 3.05) is 0 Å². The van der Waals surface area contributed by atoms with Gasteiger partial charge in [-0.1, -0.05) is 22.9 Å². The molecule has 0 amide bonds. The summed E-state index contributed by atoms with van der Waals surface area (Å²) in [4.78, 5) is 0.478.